The molecule has 134 valence electrons. The van der Waals surface area contributed by atoms with Crippen molar-refractivity contribution in [3.8, 4) is 0 Å². The molecule has 0 aliphatic heterocycles. The molecular formula is C20H34O2Si2. The Morgan fingerprint density at radius 3 is 2.08 bits per heavy atom. The molecule has 0 unspecified atom stereocenters. The molecule has 2 nitrogen and oxygen atoms in total. The second-order valence-electron chi connectivity index (χ2n) is 8.55. The van der Waals surface area contributed by atoms with E-state index in [2.05, 4.69) is 83.5 Å². The van der Waals surface area contributed by atoms with Gasteiger partial charge in [0.2, 0.25) is 8.32 Å². The molecule has 24 heavy (non-hydrogen) atoms. The summed E-state index contributed by atoms with van der Waals surface area (Å²) in [4.78, 5) is 12.4. The van der Waals surface area contributed by atoms with E-state index in [-0.39, 0.29) is 11.9 Å². The molecule has 0 saturated carbocycles. The van der Waals surface area contributed by atoms with Crippen molar-refractivity contribution in [2.75, 3.05) is 0 Å². The van der Waals surface area contributed by atoms with E-state index in [4.69, 9.17) is 4.43 Å². The summed E-state index contributed by atoms with van der Waals surface area (Å²) in [5, 5.41) is 1.44. The molecule has 2 atom stereocenters. The van der Waals surface area contributed by atoms with Crippen LogP contribution in [0.1, 0.15) is 20.3 Å². The topological polar surface area (TPSA) is 26.3 Å². The van der Waals surface area contributed by atoms with Crippen molar-refractivity contribution in [3.05, 3.63) is 43.0 Å². The third-order valence-corrected chi connectivity index (χ3v) is 10.1. The Bertz CT molecular complexity index is 545. The molecule has 0 fully saturated rings. The average molecular weight is 363 g/mol. The van der Waals surface area contributed by atoms with E-state index < -0.39 is 16.4 Å². The molecule has 0 aliphatic carbocycles. The standard InChI is InChI=1S/C20H34O2Si2/c1-9-17(15-19(21)22-23(4,5)6)20(16(2)3)24(7,8)18-13-11-10-12-14-18/h9-14,16-17,20H,1,15H2,2-8H3/t17-,20-/m1/s1. The second kappa shape index (κ2) is 8.30. The Hall–Kier alpha value is -1.14. The van der Waals surface area contributed by atoms with Crippen LogP contribution in [-0.4, -0.2) is 22.4 Å². The predicted octanol–water partition coefficient (Wildman–Crippen LogP) is 5.20. The van der Waals surface area contributed by atoms with Gasteiger partial charge in [0, 0.05) is 0 Å². The van der Waals surface area contributed by atoms with E-state index in [1.807, 2.05) is 6.08 Å². The van der Waals surface area contributed by atoms with Crippen LogP contribution in [0, 0.1) is 11.8 Å². The van der Waals surface area contributed by atoms with Crippen LogP contribution in [0.5, 0.6) is 0 Å². The highest BCUT2D eigenvalue weighted by molar-refractivity contribution is 6.91. The first kappa shape index (κ1) is 20.9. The number of carbonyl (C=O) groups is 1. The minimum Gasteiger partial charge on any atom is -0.520 e. The number of hydrogen-bond acceptors (Lipinski definition) is 2. The van der Waals surface area contributed by atoms with E-state index in [9.17, 15) is 4.79 Å². The van der Waals surface area contributed by atoms with E-state index in [0.717, 1.165) is 0 Å². The molecule has 1 aromatic rings. The molecule has 0 heterocycles. The molecule has 0 aromatic heterocycles. The number of allylic oxidation sites excluding steroid dienone is 1. The van der Waals surface area contributed by atoms with Gasteiger partial charge in [-0.15, -0.1) is 6.58 Å². The molecule has 0 bridgehead atoms. The van der Waals surface area contributed by atoms with E-state index in [1.165, 1.54) is 5.19 Å². The lowest BCUT2D eigenvalue weighted by atomic mass is 9.93. The first-order valence-corrected chi connectivity index (χ1v) is 15.4. The maximum absolute atomic E-state index is 12.4. The van der Waals surface area contributed by atoms with Gasteiger partial charge in [-0.05, 0) is 37.0 Å². The summed E-state index contributed by atoms with van der Waals surface area (Å²) >= 11 is 0. The molecule has 0 aliphatic rings. The zero-order chi connectivity index (χ0) is 18.5. The van der Waals surface area contributed by atoms with Gasteiger partial charge in [0.25, 0.3) is 5.97 Å². The van der Waals surface area contributed by atoms with Crippen LogP contribution in [0.15, 0.2) is 43.0 Å². The van der Waals surface area contributed by atoms with Crippen LogP contribution in [0.4, 0.5) is 0 Å². The van der Waals surface area contributed by atoms with Crippen molar-refractivity contribution in [3.63, 3.8) is 0 Å². The van der Waals surface area contributed by atoms with Gasteiger partial charge in [0.1, 0.15) is 0 Å². The van der Waals surface area contributed by atoms with Gasteiger partial charge in [0.05, 0.1) is 14.5 Å². The normalized spacial score (nSPS) is 15.0. The van der Waals surface area contributed by atoms with Gasteiger partial charge >= 0.3 is 0 Å². The maximum atomic E-state index is 12.4. The summed E-state index contributed by atoms with van der Waals surface area (Å²) in [5.74, 6) is 0.591. The molecule has 4 heteroatoms. The van der Waals surface area contributed by atoms with E-state index in [1.54, 1.807) is 0 Å². The summed E-state index contributed by atoms with van der Waals surface area (Å²) in [7, 11) is -3.59. The zero-order valence-electron chi connectivity index (χ0n) is 16.4. The molecule has 0 radical (unpaired) electrons. The average Bonchev–Trinajstić information content (AvgIpc) is 2.44. The van der Waals surface area contributed by atoms with Crippen molar-refractivity contribution in [2.24, 2.45) is 11.8 Å². The number of rotatable bonds is 8. The Morgan fingerprint density at radius 2 is 1.67 bits per heavy atom. The Kier molecular flexibility index (Phi) is 7.23. The maximum Gasteiger partial charge on any atom is 0.293 e. The molecule has 0 amide bonds. The summed E-state index contributed by atoms with van der Waals surface area (Å²) in [6.07, 6.45) is 2.42. The van der Waals surface area contributed by atoms with Crippen molar-refractivity contribution in [2.45, 2.75) is 58.5 Å². The third-order valence-electron chi connectivity index (χ3n) is 4.66. The fourth-order valence-electron chi connectivity index (χ4n) is 3.86. The zero-order valence-corrected chi connectivity index (χ0v) is 18.4. The quantitative estimate of drug-likeness (QED) is 0.469. The lowest BCUT2D eigenvalue weighted by Crippen LogP contribution is -2.50. The monoisotopic (exact) mass is 362 g/mol. The predicted molar refractivity (Wildman–Crippen MR) is 110 cm³/mol. The molecular weight excluding hydrogens is 328 g/mol. The van der Waals surface area contributed by atoms with Gasteiger partial charge in [-0.1, -0.05) is 68.5 Å². The number of benzene rings is 1. The highest BCUT2D eigenvalue weighted by Gasteiger charge is 2.40. The van der Waals surface area contributed by atoms with Crippen LogP contribution < -0.4 is 5.19 Å². The first-order chi connectivity index (χ1) is 11.0. The first-order valence-electron chi connectivity index (χ1n) is 8.89. The summed E-state index contributed by atoms with van der Waals surface area (Å²) < 4.78 is 5.69. The van der Waals surface area contributed by atoms with Crippen LogP contribution >= 0.6 is 0 Å². The Balaban J connectivity index is 3.08. The minimum absolute atomic E-state index is 0.0671. The van der Waals surface area contributed by atoms with Crippen LogP contribution in [0.2, 0.25) is 38.3 Å². The molecule has 0 spiro atoms. The Labute approximate surface area is 150 Å². The van der Waals surface area contributed by atoms with Gasteiger partial charge in [0.15, 0.2) is 0 Å². The van der Waals surface area contributed by atoms with Gasteiger partial charge in [-0.3, -0.25) is 4.79 Å². The number of carbonyl (C=O) groups excluding carboxylic acids is 1. The fraction of sp³-hybridized carbons (Fsp3) is 0.550. The van der Waals surface area contributed by atoms with Crippen LogP contribution in [0.3, 0.4) is 0 Å². The summed E-state index contributed by atoms with van der Waals surface area (Å²) in [6, 6.07) is 10.8. The lowest BCUT2D eigenvalue weighted by Gasteiger charge is -2.40. The molecule has 1 rings (SSSR count). The molecule has 1 aromatic carbocycles. The van der Waals surface area contributed by atoms with E-state index in [0.29, 0.717) is 17.9 Å². The van der Waals surface area contributed by atoms with Crippen molar-refractivity contribution in [1.29, 1.82) is 0 Å². The van der Waals surface area contributed by atoms with Crippen molar-refractivity contribution >= 4 is 27.5 Å². The third kappa shape index (κ3) is 5.74. The minimum atomic E-state index is -1.84. The van der Waals surface area contributed by atoms with Gasteiger partial charge in [-0.2, -0.15) is 0 Å². The van der Waals surface area contributed by atoms with E-state index >= 15 is 0 Å². The fourth-order valence-corrected chi connectivity index (χ4v) is 9.05. The van der Waals surface area contributed by atoms with Gasteiger partial charge < -0.3 is 4.43 Å². The molecule has 0 saturated heterocycles. The SMILES string of the molecule is C=C[C@H](CC(=O)O[Si](C)(C)C)[C@@H](C(C)C)[Si](C)(C)c1ccccc1. The van der Waals surface area contributed by atoms with Crippen molar-refractivity contribution < 1.29 is 9.22 Å². The van der Waals surface area contributed by atoms with Gasteiger partial charge in [-0.25, -0.2) is 0 Å². The summed E-state index contributed by atoms with van der Waals surface area (Å²) in [5.41, 5.74) is 0.451. The Morgan fingerprint density at radius 1 is 1.12 bits per heavy atom. The lowest BCUT2D eigenvalue weighted by molar-refractivity contribution is -0.135. The summed E-state index contributed by atoms with van der Waals surface area (Å²) in [6.45, 7) is 19.6. The number of hydrogen-bond donors (Lipinski definition) is 0. The molecule has 0 N–H and O–H groups in total. The highest BCUT2D eigenvalue weighted by Crippen LogP contribution is 2.39. The largest absolute Gasteiger partial charge is 0.520 e. The second-order valence-corrected chi connectivity index (χ2v) is 17.7. The van der Waals surface area contributed by atoms with Crippen molar-refractivity contribution in [1.82, 2.24) is 0 Å². The van der Waals surface area contributed by atoms with Crippen LogP contribution in [-0.2, 0) is 9.22 Å². The van der Waals surface area contributed by atoms with Crippen LogP contribution in [0.25, 0.3) is 0 Å². The smallest absolute Gasteiger partial charge is 0.293 e. The highest BCUT2D eigenvalue weighted by atomic mass is 28.4.